The Balaban J connectivity index is 2.20. The van der Waals surface area contributed by atoms with Crippen molar-refractivity contribution >= 4 is 16.9 Å². The van der Waals surface area contributed by atoms with Gasteiger partial charge in [0.05, 0.1) is 11.0 Å². The predicted octanol–water partition coefficient (Wildman–Crippen LogP) is 1.79. The summed E-state index contributed by atoms with van der Waals surface area (Å²) in [7, 11) is 1.97. The smallest absolute Gasteiger partial charge is 0.163 e. The predicted molar refractivity (Wildman–Crippen MR) is 75.6 cm³/mol. The van der Waals surface area contributed by atoms with Crippen LogP contribution >= 0.6 is 0 Å². The number of nitrogens with zero attached hydrogens (tertiary/aromatic N) is 5. The number of nitrogen functional groups attached to an aromatic ring is 1. The maximum atomic E-state index is 8.93. The second-order valence-corrected chi connectivity index (χ2v) is 4.53. The molecule has 0 amide bonds. The quantitative estimate of drug-likeness (QED) is 0.723. The lowest BCUT2D eigenvalue weighted by Crippen LogP contribution is -1.98. The van der Waals surface area contributed by atoms with Crippen LogP contribution in [0.4, 0.5) is 5.82 Å². The van der Waals surface area contributed by atoms with Crippen molar-refractivity contribution < 1.29 is 0 Å². The first-order valence-electron chi connectivity index (χ1n) is 6.06. The van der Waals surface area contributed by atoms with E-state index in [9.17, 15) is 0 Å². The van der Waals surface area contributed by atoms with Gasteiger partial charge in [-0.2, -0.15) is 5.26 Å². The van der Waals surface area contributed by atoms with Gasteiger partial charge < -0.3 is 10.3 Å². The van der Waals surface area contributed by atoms with Gasteiger partial charge in [-0.1, -0.05) is 0 Å². The fourth-order valence-corrected chi connectivity index (χ4v) is 2.11. The lowest BCUT2D eigenvalue weighted by Gasteiger charge is -2.02. The average molecular weight is 264 g/mol. The maximum Gasteiger partial charge on any atom is 0.163 e. The average Bonchev–Trinajstić information content (AvgIpc) is 2.73. The molecule has 2 heterocycles. The van der Waals surface area contributed by atoms with E-state index in [4.69, 9.17) is 11.0 Å². The van der Waals surface area contributed by atoms with Crippen molar-refractivity contribution in [3.63, 3.8) is 0 Å². The Bertz CT molecular complexity index is 856. The highest BCUT2D eigenvalue weighted by Crippen LogP contribution is 2.22. The zero-order valence-corrected chi connectivity index (χ0v) is 11.1. The van der Waals surface area contributed by atoms with Gasteiger partial charge in [0.2, 0.25) is 0 Å². The van der Waals surface area contributed by atoms with Crippen molar-refractivity contribution in [2.24, 2.45) is 7.05 Å². The summed E-state index contributed by atoms with van der Waals surface area (Å²) in [4.78, 5) is 12.8. The number of nitriles is 1. The lowest BCUT2D eigenvalue weighted by atomic mass is 10.2. The summed E-state index contributed by atoms with van der Waals surface area (Å²) in [6.07, 6.45) is 0. The second kappa shape index (κ2) is 4.31. The van der Waals surface area contributed by atoms with Gasteiger partial charge in [-0.05, 0) is 25.1 Å². The summed E-state index contributed by atoms with van der Waals surface area (Å²) >= 11 is 0. The number of nitrogens with two attached hydrogens (primary N) is 1. The molecule has 0 bridgehead atoms. The molecule has 6 heteroatoms. The Morgan fingerprint density at radius 3 is 2.75 bits per heavy atom. The topological polar surface area (TPSA) is 93.4 Å². The number of benzene rings is 1. The number of imidazole rings is 1. The molecule has 0 spiro atoms. The number of hydrogen-bond donors (Lipinski definition) is 1. The Morgan fingerprint density at radius 2 is 2.00 bits per heavy atom. The molecule has 2 N–H and O–H groups in total. The van der Waals surface area contributed by atoms with Crippen LogP contribution in [0.25, 0.3) is 22.4 Å². The summed E-state index contributed by atoms with van der Waals surface area (Å²) in [5.74, 6) is 1.65. The summed E-state index contributed by atoms with van der Waals surface area (Å²) in [6, 6.07) is 9.19. The van der Waals surface area contributed by atoms with Gasteiger partial charge in [-0.15, -0.1) is 0 Å². The van der Waals surface area contributed by atoms with Crippen LogP contribution in [-0.4, -0.2) is 19.5 Å². The number of aryl methyl sites for hydroxylation is 2. The second-order valence-electron chi connectivity index (χ2n) is 4.53. The van der Waals surface area contributed by atoms with E-state index in [0.29, 0.717) is 5.82 Å². The van der Waals surface area contributed by atoms with E-state index in [-0.39, 0.29) is 11.5 Å². The number of hydrogen-bond acceptors (Lipinski definition) is 5. The van der Waals surface area contributed by atoms with Gasteiger partial charge in [0.1, 0.15) is 23.4 Å². The first kappa shape index (κ1) is 12.1. The molecule has 6 nitrogen and oxygen atoms in total. The fraction of sp³-hybridized carbons (Fsp3) is 0.143. The van der Waals surface area contributed by atoms with Crippen LogP contribution in [0, 0.1) is 18.3 Å². The first-order chi connectivity index (χ1) is 9.58. The zero-order chi connectivity index (χ0) is 14.3. The molecule has 0 radical (unpaired) electrons. The van der Waals surface area contributed by atoms with Crippen LogP contribution in [0.2, 0.25) is 0 Å². The van der Waals surface area contributed by atoms with E-state index in [1.165, 1.54) is 6.07 Å². The largest absolute Gasteiger partial charge is 0.384 e. The van der Waals surface area contributed by atoms with Crippen LogP contribution < -0.4 is 5.73 Å². The zero-order valence-electron chi connectivity index (χ0n) is 11.1. The van der Waals surface area contributed by atoms with Crippen LogP contribution in [-0.2, 0) is 7.05 Å². The van der Waals surface area contributed by atoms with Gasteiger partial charge >= 0.3 is 0 Å². The van der Waals surface area contributed by atoms with Crippen LogP contribution in [0.15, 0.2) is 24.3 Å². The molecule has 0 aliphatic heterocycles. The molecule has 3 rings (SSSR count). The van der Waals surface area contributed by atoms with Crippen LogP contribution in [0.3, 0.4) is 0 Å². The third-order valence-electron chi connectivity index (χ3n) is 3.22. The van der Waals surface area contributed by atoms with E-state index in [2.05, 4.69) is 15.0 Å². The van der Waals surface area contributed by atoms with Gasteiger partial charge in [-0.25, -0.2) is 15.0 Å². The lowest BCUT2D eigenvalue weighted by molar-refractivity contribution is 0.886. The van der Waals surface area contributed by atoms with E-state index < -0.39 is 0 Å². The fourth-order valence-electron chi connectivity index (χ4n) is 2.11. The van der Waals surface area contributed by atoms with Crippen molar-refractivity contribution in [1.82, 2.24) is 19.5 Å². The maximum absolute atomic E-state index is 8.93. The van der Waals surface area contributed by atoms with Gasteiger partial charge in [0.25, 0.3) is 0 Å². The first-order valence-corrected chi connectivity index (χ1v) is 6.06. The Hall–Kier alpha value is -2.94. The summed E-state index contributed by atoms with van der Waals surface area (Å²) < 4.78 is 2.01. The standard InChI is InChI=1S/C14H12N6/c1-8-17-11-5-9(3-4-12(11)20(8)2)14-18-10(7-15)6-13(16)19-14/h3-6H,1-2H3,(H2,16,18,19). The van der Waals surface area contributed by atoms with Gasteiger partial charge in [-0.3, -0.25) is 0 Å². The highest BCUT2D eigenvalue weighted by molar-refractivity contribution is 5.81. The molecule has 0 aliphatic carbocycles. The van der Waals surface area contributed by atoms with Gasteiger partial charge in [0, 0.05) is 18.7 Å². The van der Waals surface area contributed by atoms with Crippen molar-refractivity contribution in [3.05, 3.63) is 35.8 Å². The van der Waals surface area contributed by atoms with Crippen molar-refractivity contribution in [2.75, 3.05) is 5.73 Å². The van der Waals surface area contributed by atoms with E-state index >= 15 is 0 Å². The minimum Gasteiger partial charge on any atom is -0.384 e. The molecule has 0 aliphatic rings. The summed E-state index contributed by atoms with van der Waals surface area (Å²) in [6.45, 7) is 1.95. The molecule has 0 atom stereocenters. The normalized spacial score (nSPS) is 10.7. The number of fused-ring (bicyclic) bond motifs is 1. The molecular weight excluding hydrogens is 252 g/mol. The van der Waals surface area contributed by atoms with E-state index in [1.54, 1.807) is 0 Å². The Kier molecular flexibility index (Phi) is 2.61. The monoisotopic (exact) mass is 264 g/mol. The Morgan fingerprint density at radius 1 is 1.20 bits per heavy atom. The van der Waals surface area contributed by atoms with Crippen molar-refractivity contribution in [3.8, 4) is 17.5 Å². The molecule has 98 valence electrons. The van der Waals surface area contributed by atoms with Gasteiger partial charge in [0.15, 0.2) is 5.82 Å². The third kappa shape index (κ3) is 1.86. The van der Waals surface area contributed by atoms with E-state index in [0.717, 1.165) is 22.4 Å². The molecule has 0 saturated carbocycles. The number of aromatic nitrogens is 4. The molecule has 3 aromatic rings. The molecule has 0 unspecified atom stereocenters. The van der Waals surface area contributed by atoms with E-state index in [1.807, 2.05) is 42.8 Å². The molecule has 0 fully saturated rings. The van der Waals surface area contributed by atoms with Crippen molar-refractivity contribution in [2.45, 2.75) is 6.92 Å². The highest BCUT2D eigenvalue weighted by Gasteiger charge is 2.09. The highest BCUT2D eigenvalue weighted by atomic mass is 15.0. The minimum absolute atomic E-state index is 0.254. The number of anilines is 1. The summed E-state index contributed by atoms with van der Waals surface area (Å²) in [5.41, 5.74) is 8.64. The SMILES string of the molecule is Cc1nc2cc(-c3nc(N)cc(C#N)n3)ccc2n1C. The molecule has 1 aromatic carbocycles. The molecule has 2 aromatic heterocycles. The summed E-state index contributed by atoms with van der Waals surface area (Å²) in [5, 5.41) is 8.93. The number of rotatable bonds is 1. The van der Waals surface area contributed by atoms with Crippen LogP contribution in [0.1, 0.15) is 11.5 Å². The molecule has 20 heavy (non-hydrogen) atoms. The molecular formula is C14H12N6. The van der Waals surface area contributed by atoms with Crippen LogP contribution in [0.5, 0.6) is 0 Å². The van der Waals surface area contributed by atoms with Crippen molar-refractivity contribution in [1.29, 1.82) is 5.26 Å². The minimum atomic E-state index is 0.254. The Labute approximate surface area is 115 Å². The molecule has 0 saturated heterocycles. The third-order valence-corrected chi connectivity index (χ3v) is 3.22.